The Balaban J connectivity index is 0.00000361. The third kappa shape index (κ3) is 6.98. The lowest BCUT2D eigenvalue weighted by Gasteiger charge is -2.13. The number of hydrogen-bond donors (Lipinski definition) is 2. The fourth-order valence-electron chi connectivity index (χ4n) is 1.64. The van der Waals surface area contributed by atoms with Gasteiger partial charge in [0.25, 0.3) is 0 Å². The summed E-state index contributed by atoms with van der Waals surface area (Å²) in [6.07, 6.45) is 0. The third-order valence-electron chi connectivity index (χ3n) is 2.62. The highest BCUT2D eigenvalue weighted by molar-refractivity contribution is 14.0. The van der Waals surface area contributed by atoms with E-state index in [1.54, 1.807) is 7.11 Å². The molecule has 0 atom stereocenters. The van der Waals surface area contributed by atoms with Crippen LogP contribution in [0.15, 0.2) is 29.3 Å². The summed E-state index contributed by atoms with van der Waals surface area (Å²) in [5.74, 6) is 2.32. The summed E-state index contributed by atoms with van der Waals surface area (Å²) in [6.45, 7) is 8.80. The standard InChI is InChI=1S/C15H25N3O.HI/c1-5-16-15(17-10-12(2)3)18-11-13-8-6-7-9-14(13)19-4;/h6-9,12H,5,10-11H2,1-4H3,(H2,16,17,18);1H. The van der Waals surface area contributed by atoms with Crippen LogP contribution in [-0.2, 0) is 6.54 Å². The molecule has 0 heterocycles. The lowest BCUT2D eigenvalue weighted by molar-refractivity contribution is 0.410. The number of ether oxygens (including phenoxy) is 1. The number of guanidine groups is 1. The van der Waals surface area contributed by atoms with Crippen LogP contribution in [-0.4, -0.2) is 26.2 Å². The Bertz CT molecular complexity index is 408. The molecule has 5 heteroatoms. The molecule has 2 N–H and O–H groups in total. The zero-order valence-electron chi connectivity index (χ0n) is 12.8. The molecular formula is C15H26IN3O. The van der Waals surface area contributed by atoms with Gasteiger partial charge in [-0.3, -0.25) is 0 Å². The molecule has 4 nitrogen and oxygen atoms in total. The van der Waals surface area contributed by atoms with Gasteiger partial charge in [0.15, 0.2) is 5.96 Å². The van der Waals surface area contributed by atoms with Crippen LogP contribution in [0.25, 0.3) is 0 Å². The summed E-state index contributed by atoms with van der Waals surface area (Å²) >= 11 is 0. The molecule has 1 aromatic rings. The van der Waals surface area contributed by atoms with Crippen LogP contribution < -0.4 is 15.4 Å². The van der Waals surface area contributed by atoms with E-state index in [1.807, 2.05) is 24.3 Å². The molecule has 0 aliphatic rings. The minimum Gasteiger partial charge on any atom is -0.496 e. The van der Waals surface area contributed by atoms with E-state index in [0.717, 1.165) is 30.4 Å². The van der Waals surface area contributed by atoms with Gasteiger partial charge in [0.2, 0.25) is 0 Å². The summed E-state index contributed by atoms with van der Waals surface area (Å²) in [4.78, 5) is 4.58. The second-order valence-corrected chi connectivity index (χ2v) is 4.78. The summed E-state index contributed by atoms with van der Waals surface area (Å²) in [5, 5.41) is 6.57. The number of methoxy groups -OCH3 is 1. The van der Waals surface area contributed by atoms with Crippen molar-refractivity contribution in [2.45, 2.75) is 27.3 Å². The van der Waals surface area contributed by atoms with Gasteiger partial charge >= 0.3 is 0 Å². The lowest BCUT2D eigenvalue weighted by Crippen LogP contribution is -2.39. The largest absolute Gasteiger partial charge is 0.496 e. The molecule has 0 amide bonds. The zero-order valence-corrected chi connectivity index (χ0v) is 15.1. The van der Waals surface area contributed by atoms with Crippen molar-refractivity contribution >= 4 is 29.9 Å². The van der Waals surface area contributed by atoms with Gasteiger partial charge in [-0.2, -0.15) is 0 Å². The average Bonchev–Trinajstić information content (AvgIpc) is 2.42. The first-order valence-electron chi connectivity index (χ1n) is 6.81. The quantitative estimate of drug-likeness (QED) is 0.445. The molecule has 1 aromatic carbocycles. The van der Waals surface area contributed by atoms with Crippen molar-refractivity contribution in [2.75, 3.05) is 20.2 Å². The fraction of sp³-hybridized carbons (Fsp3) is 0.533. The maximum atomic E-state index is 5.33. The Morgan fingerprint density at radius 3 is 2.55 bits per heavy atom. The second kappa shape index (κ2) is 10.8. The molecular weight excluding hydrogens is 365 g/mol. The number of para-hydroxylation sites is 1. The molecule has 20 heavy (non-hydrogen) atoms. The highest BCUT2D eigenvalue weighted by atomic mass is 127. The van der Waals surface area contributed by atoms with Crippen LogP contribution in [0, 0.1) is 5.92 Å². The Hall–Kier alpha value is -0.980. The number of rotatable bonds is 6. The maximum Gasteiger partial charge on any atom is 0.191 e. The highest BCUT2D eigenvalue weighted by Gasteiger charge is 2.02. The Labute approximate surface area is 139 Å². The van der Waals surface area contributed by atoms with Gasteiger partial charge < -0.3 is 15.4 Å². The molecule has 0 spiro atoms. The molecule has 0 aromatic heterocycles. The van der Waals surface area contributed by atoms with E-state index in [2.05, 4.69) is 36.4 Å². The van der Waals surface area contributed by atoms with Crippen molar-refractivity contribution in [1.82, 2.24) is 10.6 Å². The molecule has 114 valence electrons. The number of halogens is 1. The topological polar surface area (TPSA) is 45.7 Å². The SMILES string of the molecule is CCNC(=NCc1ccccc1OC)NCC(C)C.I. The molecule has 0 saturated heterocycles. The normalized spacial score (nSPS) is 10.9. The Morgan fingerprint density at radius 2 is 1.95 bits per heavy atom. The van der Waals surface area contributed by atoms with Crippen molar-refractivity contribution in [3.8, 4) is 5.75 Å². The monoisotopic (exact) mass is 391 g/mol. The van der Waals surface area contributed by atoms with Crippen LogP contribution in [0.4, 0.5) is 0 Å². The van der Waals surface area contributed by atoms with Crippen LogP contribution in [0.2, 0.25) is 0 Å². The number of hydrogen-bond acceptors (Lipinski definition) is 2. The average molecular weight is 391 g/mol. The van der Waals surface area contributed by atoms with Crippen molar-refractivity contribution in [3.05, 3.63) is 29.8 Å². The number of nitrogens with zero attached hydrogens (tertiary/aromatic N) is 1. The minimum absolute atomic E-state index is 0. The maximum absolute atomic E-state index is 5.33. The summed E-state index contributed by atoms with van der Waals surface area (Å²) in [7, 11) is 1.69. The van der Waals surface area contributed by atoms with Gasteiger partial charge in [-0.1, -0.05) is 32.0 Å². The predicted molar refractivity (Wildman–Crippen MR) is 96.1 cm³/mol. The molecule has 0 aliphatic carbocycles. The third-order valence-corrected chi connectivity index (χ3v) is 2.62. The van der Waals surface area contributed by atoms with Crippen molar-refractivity contribution in [1.29, 1.82) is 0 Å². The van der Waals surface area contributed by atoms with Crippen LogP contribution in [0.3, 0.4) is 0 Å². The van der Waals surface area contributed by atoms with E-state index < -0.39 is 0 Å². The van der Waals surface area contributed by atoms with Gasteiger partial charge in [-0.15, -0.1) is 24.0 Å². The summed E-state index contributed by atoms with van der Waals surface area (Å²) in [5.41, 5.74) is 1.09. The Kier molecular flexibility index (Phi) is 10.2. The number of nitrogens with one attached hydrogen (secondary N) is 2. The van der Waals surface area contributed by atoms with Gasteiger partial charge in [0, 0.05) is 18.7 Å². The predicted octanol–water partition coefficient (Wildman–Crippen LogP) is 3.02. The minimum atomic E-state index is 0. The molecule has 0 radical (unpaired) electrons. The van der Waals surface area contributed by atoms with Gasteiger partial charge in [0.1, 0.15) is 5.75 Å². The van der Waals surface area contributed by atoms with E-state index in [1.165, 1.54) is 0 Å². The van der Waals surface area contributed by atoms with Crippen molar-refractivity contribution in [3.63, 3.8) is 0 Å². The van der Waals surface area contributed by atoms with Gasteiger partial charge in [-0.05, 0) is 18.9 Å². The van der Waals surface area contributed by atoms with E-state index in [9.17, 15) is 0 Å². The zero-order chi connectivity index (χ0) is 14.1. The first-order chi connectivity index (χ1) is 9.17. The van der Waals surface area contributed by atoms with Gasteiger partial charge in [0.05, 0.1) is 13.7 Å². The first-order valence-corrected chi connectivity index (χ1v) is 6.81. The molecule has 0 saturated carbocycles. The van der Waals surface area contributed by atoms with E-state index in [0.29, 0.717) is 12.5 Å². The molecule has 0 fully saturated rings. The van der Waals surface area contributed by atoms with Crippen molar-refractivity contribution < 1.29 is 4.74 Å². The second-order valence-electron chi connectivity index (χ2n) is 4.78. The summed E-state index contributed by atoms with van der Waals surface area (Å²) in [6, 6.07) is 7.96. The molecule has 0 unspecified atom stereocenters. The molecule has 0 bridgehead atoms. The van der Waals surface area contributed by atoms with E-state index in [-0.39, 0.29) is 24.0 Å². The molecule has 0 aliphatic heterocycles. The number of aliphatic imine (C=N–C) groups is 1. The van der Waals surface area contributed by atoms with Crippen molar-refractivity contribution in [2.24, 2.45) is 10.9 Å². The Morgan fingerprint density at radius 1 is 1.25 bits per heavy atom. The van der Waals surface area contributed by atoms with E-state index in [4.69, 9.17) is 4.74 Å². The fourth-order valence-corrected chi connectivity index (χ4v) is 1.64. The number of benzene rings is 1. The lowest BCUT2D eigenvalue weighted by atomic mass is 10.2. The first kappa shape index (κ1) is 19.0. The highest BCUT2D eigenvalue weighted by Crippen LogP contribution is 2.17. The van der Waals surface area contributed by atoms with E-state index >= 15 is 0 Å². The van der Waals surface area contributed by atoms with Crippen LogP contribution in [0.5, 0.6) is 5.75 Å². The van der Waals surface area contributed by atoms with Gasteiger partial charge in [-0.25, -0.2) is 4.99 Å². The smallest absolute Gasteiger partial charge is 0.191 e. The summed E-state index contributed by atoms with van der Waals surface area (Å²) < 4.78 is 5.33. The van der Waals surface area contributed by atoms with Crippen LogP contribution >= 0.6 is 24.0 Å². The van der Waals surface area contributed by atoms with Crippen LogP contribution in [0.1, 0.15) is 26.3 Å². The molecule has 1 rings (SSSR count).